The predicted octanol–water partition coefficient (Wildman–Crippen LogP) is 1.59. The van der Waals surface area contributed by atoms with Crippen LogP contribution < -0.4 is 5.32 Å². The fraction of sp³-hybridized carbons (Fsp3) is 0.917. The molecule has 0 aliphatic carbocycles. The zero-order chi connectivity index (χ0) is 12.6. The van der Waals surface area contributed by atoms with Crippen LogP contribution in [0.1, 0.15) is 34.1 Å². The molecule has 1 N–H and O–H groups in total. The molecule has 0 saturated carbocycles. The van der Waals surface area contributed by atoms with Crippen LogP contribution >= 0.6 is 0 Å². The van der Waals surface area contributed by atoms with Crippen molar-refractivity contribution < 1.29 is 14.3 Å². The van der Waals surface area contributed by atoms with Crippen LogP contribution in [0.15, 0.2) is 0 Å². The number of methoxy groups -OCH3 is 1. The SMILES string of the molecule is CCOCC(NC(C)CC(=O)OC)C(C)C. The minimum Gasteiger partial charge on any atom is -0.469 e. The Hall–Kier alpha value is -0.610. The van der Waals surface area contributed by atoms with Gasteiger partial charge in [0.1, 0.15) is 0 Å². The van der Waals surface area contributed by atoms with Gasteiger partial charge in [0.05, 0.1) is 20.1 Å². The highest BCUT2D eigenvalue weighted by atomic mass is 16.5. The molecule has 4 heteroatoms. The molecule has 0 rings (SSSR count). The maximum absolute atomic E-state index is 11.1. The zero-order valence-electron chi connectivity index (χ0n) is 11.1. The van der Waals surface area contributed by atoms with Gasteiger partial charge in [-0.3, -0.25) is 4.79 Å². The van der Waals surface area contributed by atoms with E-state index < -0.39 is 0 Å². The number of carbonyl (C=O) groups is 1. The number of carbonyl (C=O) groups excluding carboxylic acids is 1. The normalized spacial score (nSPS) is 14.9. The molecule has 0 heterocycles. The van der Waals surface area contributed by atoms with Gasteiger partial charge in [0.15, 0.2) is 0 Å². The van der Waals surface area contributed by atoms with E-state index in [1.54, 1.807) is 0 Å². The van der Waals surface area contributed by atoms with E-state index >= 15 is 0 Å². The van der Waals surface area contributed by atoms with Crippen molar-refractivity contribution in [3.8, 4) is 0 Å². The molecule has 0 bridgehead atoms. The number of hydrogen-bond donors (Lipinski definition) is 1. The lowest BCUT2D eigenvalue weighted by Crippen LogP contribution is -2.44. The summed E-state index contributed by atoms with van der Waals surface area (Å²) < 4.78 is 10.0. The first-order valence-electron chi connectivity index (χ1n) is 5.91. The molecule has 0 fully saturated rings. The van der Waals surface area contributed by atoms with Crippen molar-refractivity contribution in [1.82, 2.24) is 5.32 Å². The number of hydrogen-bond acceptors (Lipinski definition) is 4. The quantitative estimate of drug-likeness (QED) is 0.644. The molecule has 2 atom stereocenters. The lowest BCUT2D eigenvalue weighted by atomic mass is 10.0. The van der Waals surface area contributed by atoms with Crippen LogP contribution in [0, 0.1) is 5.92 Å². The van der Waals surface area contributed by atoms with Gasteiger partial charge in [-0.05, 0) is 19.8 Å². The first-order chi connectivity index (χ1) is 7.51. The smallest absolute Gasteiger partial charge is 0.307 e. The summed E-state index contributed by atoms with van der Waals surface area (Å²) in [6.45, 7) is 9.65. The minimum atomic E-state index is -0.182. The second kappa shape index (κ2) is 8.53. The van der Waals surface area contributed by atoms with Gasteiger partial charge in [0.2, 0.25) is 0 Å². The first-order valence-corrected chi connectivity index (χ1v) is 5.91. The fourth-order valence-electron chi connectivity index (χ4n) is 1.44. The van der Waals surface area contributed by atoms with Crippen LogP contribution in [-0.4, -0.2) is 38.4 Å². The number of ether oxygens (including phenoxy) is 2. The number of esters is 1. The molecule has 0 saturated heterocycles. The predicted molar refractivity (Wildman–Crippen MR) is 64.3 cm³/mol. The Morgan fingerprint density at radius 1 is 1.31 bits per heavy atom. The Labute approximate surface area is 98.7 Å². The largest absolute Gasteiger partial charge is 0.469 e. The highest BCUT2D eigenvalue weighted by Gasteiger charge is 2.17. The summed E-state index contributed by atoms with van der Waals surface area (Å²) in [6.07, 6.45) is 0.395. The van der Waals surface area contributed by atoms with Crippen LogP contribution in [-0.2, 0) is 14.3 Å². The summed E-state index contributed by atoms with van der Waals surface area (Å²) in [5.41, 5.74) is 0. The van der Waals surface area contributed by atoms with Crippen molar-refractivity contribution in [2.45, 2.75) is 46.2 Å². The molecule has 0 aliphatic heterocycles. The summed E-state index contributed by atoms with van der Waals surface area (Å²) in [7, 11) is 1.41. The van der Waals surface area contributed by atoms with Gasteiger partial charge in [-0.15, -0.1) is 0 Å². The lowest BCUT2D eigenvalue weighted by Gasteiger charge is -2.25. The van der Waals surface area contributed by atoms with Crippen molar-refractivity contribution in [2.24, 2.45) is 5.92 Å². The van der Waals surface area contributed by atoms with Gasteiger partial charge in [0, 0.05) is 18.7 Å². The van der Waals surface area contributed by atoms with Gasteiger partial charge < -0.3 is 14.8 Å². The van der Waals surface area contributed by atoms with E-state index in [1.165, 1.54) is 7.11 Å². The average molecular weight is 231 g/mol. The highest BCUT2D eigenvalue weighted by Crippen LogP contribution is 2.05. The minimum absolute atomic E-state index is 0.111. The van der Waals surface area contributed by atoms with Gasteiger partial charge >= 0.3 is 5.97 Å². The molecule has 16 heavy (non-hydrogen) atoms. The standard InChI is InChI=1S/C12H25NO3/c1-6-16-8-11(9(2)3)13-10(4)7-12(14)15-5/h9-11,13H,6-8H2,1-5H3. The van der Waals surface area contributed by atoms with E-state index in [0.29, 0.717) is 18.9 Å². The maximum Gasteiger partial charge on any atom is 0.307 e. The Morgan fingerprint density at radius 2 is 1.94 bits per heavy atom. The Balaban J connectivity index is 4.02. The molecule has 0 aliphatic rings. The van der Waals surface area contributed by atoms with E-state index in [4.69, 9.17) is 4.74 Å². The Kier molecular flexibility index (Phi) is 8.21. The van der Waals surface area contributed by atoms with Crippen molar-refractivity contribution in [3.05, 3.63) is 0 Å². The second-order valence-corrected chi connectivity index (χ2v) is 4.36. The van der Waals surface area contributed by atoms with E-state index in [0.717, 1.165) is 6.61 Å². The Bertz CT molecular complexity index is 195. The van der Waals surface area contributed by atoms with Crippen molar-refractivity contribution in [2.75, 3.05) is 20.3 Å². The molecular weight excluding hydrogens is 206 g/mol. The van der Waals surface area contributed by atoms with Gasteiger partial charge in [-0.2, -0.15) is 0 Å². The van der Waals surface area contributed by atoms with Crippen LogP contribution in [0.2, 0.25) is 0 Å². The summed E-state index contributed by atoms with van der Waals surface area (Å²) in [6, 6.07) is 0.389. The molecule has 4 nitrogen and oxygen atoms in total. The third-order valence-electron chi connectivity index (χ3n) is 2.51. The molecular formula is C12H25NO3. The van der Waals surface area contributed by atoms with E-state index in [9.17, 15) is 4.79 Å². The molecule has 0 aromatic heterocycles. The van der Waals surface area contributed by atoms with Gasteiger partial charge in [-0.1, -0.05) is 13.8 Å². The summed E-state index contributed by atoms with van der Waals surface area (Å²) in [4.78, 5) is 11.1. The number of rotatable bonds is 8. The molecule has 0 radical (unpaired) electrons. The molecule has 96 valence electrons. The Morgan fingerprint density at radius 3 is 2.38 bits per heavy atom. The third-order valence-corrected chi connectivity index (χ3v) is 2.51. The first kappa shape index (κ1) is 15.4. The molecule has 0 amide bonds. The highest BCUT2D eigenvalue weighted by molar-refractivity contribution is 5.69. The van der Waals surface area contributed by atoms with Crippen LogP contribution in [0.25, 0.3) is 0 Å². The van der Waals surface area contributed by atoms with Crippen LogP contribution in [0.3, 0.4) is 0 Å². The summed E-state index contributed by atoms with van der Waals surface area (Å²) >= 11 is 0. The van der Waals surface area contributed by atoms with Crippen LogP contribution in [0.4, 0.5) is 0 Å². The molecule has 2 unspecified atom stereocenters. The number of nitrogens with one attached hydrogen (secondary N) is 1. The monoisotopic (exact) mass is 231 g/mol. The molecule has 0 spiro atoms. The van der Waals surface area contributed by atoms with Crippen molar-refractivity contribution in [3.63, 3.8) is 0 Å². The van der Waals surface area contributed by atoms with Crippen molar-refractivity contribution in [1.29, 1.82) is 0 Å². The van der Waals surface area contributed by atoms with Gasteiger partial charge in [-0.25, -0.2) is 0 Å². The lowest BCUT2D eigenvalue weighted by molar-refractivity contribution is -0.141. The van der Waals surface area contributed by atoms with E-state index in [2.05, 4.69) is 23.9 Å². The molecule has 0 aromatic carbocycles. The van der Waals surface area contributed by atoms with Gasteiger partial charge in [0.25, 0.3) is 0 Å². The third kappa shape index (κ3) is 6.80. The summed E-state index contributed by atoms with van der Waals surface area (Å²) in [5, 5.41) is 3.39. The fourth-order valence-corrected chi connectivity index (χ4v) is 1.44. The average Bonchev–Trinajstić information content (AvgIpc) is 2.23. The summed E-state index contributed by atoms with van der Waals surface area (Å²) in [5.74, 6) is 0.297. The molecule has 0 aromatic rings. The topological polar surface area (TPSA) is 47.6 Å². The van der Waals surface area contributed by atoms with E-state index in [1.807, 2.05) is 13.8 Å². The maximum atomic E-state index is 11.1. The van der Waals surface area contributed by atoms with Crippen molar-refractivity contribution >= 4 is 5.97 Å². The van der Waals surface area contributed by atoms with Crippen LogP contribution in [0.5, 0.6) is 0 Å². The second-order valence-electron chi connectivity index (χ2n) is 4.36. The zero-order valence-corrected chi connectivity index (χ0v) is 11.1. The van der Waals surface area contributed by atoms with E-state index in [-0.39, 0.29) is 18.1 Å².